The van der Waals surface area contributed by atoms with Crippen LogP contribution >= 0.6 is 39.3 Å². The Bertz CT molecular complexity index is 1360. The molecule has 0 bridgehead atoms. The zero-order valence-electron chi connectivity index (χ0n) is 18.9. The number of amides is 1. The fraction of sp³-hybridized carbons (Fsp3) is 0.154. The molecule has 0 aliphatic carbocycles. The summed E-state index contributed by atoms with van der Waals surface area (Å²) in [6, 6.07) is 18.6. The number of nitriles is 1. The second-order valence-electron chi connectivity index (χ2n) is 7.67. The summed E-state index contributed by atoms with van der Waals surface area (Å²) >= 11 is 11.1. The van der Waals surface area contributed by atoms with Crippen molar-refractivity contribution in [2.45, 2.75) is 19.0 Å². The van der Waals surface area contributed by atoms with Crippen molar-refractivity contribution < 1.29 is 14.3 Å². The van der Waals surface area contributed by atoms with Crippen LogP contribution in [0, 0.1) is 18.3 Å². The molecular formula is C26H21BrClN3O3S. The molecule has 0 spiro atoms. The van der Waals surface area contributed by atoms with Gasteiger partial charge in [0, 0.05) is 20.7 Å². The maximum atomic E-state index is 12.6. The Hall–Kier alpha value is -3.12. The predicted octanol–water partition coefficient (Wildman–Crippen LogP) is 6.47. The minimum absolute atomic E-state index is 0.175. The maximum absolute atomic E-state index is 12.6. The van der Waals surface area contributed by atoms with E-state index < -0.39 is 0 Å². The first-order valence-corrected chi connectivity index (χ1v) is 12.6. The van der Waals surface area contributed by atoms with Crippen LogP contribution in [0.4, 0.5) is 5.69 Å². The van der Waals surface area contributed by atoms with Crippen LogP contribution in [0.15, 0.2) is 64.0 Å². The van der Waals surface area contributed by atoms with E-state index in [1.807, 2.05) is 43.3 Å². The number of aryl methyl sites for hydroxylation is 1. The Morgan fingerprint density at radius 2 is 2.03 bits per heavy atom. The largest absolute Gasteiger partial charge is 0.493 e. The second kappa shape index (κ2) is 11.1. The Balaban J connectivity index is 1.51. The third-order valence-corrected chi connectivity index (χ3v) is 7.26. The molecule has 9 heteroatoms. The van der Waals surface area contributed by atoms with E-state index >= 15 is 0 Å². The van der Waals surface area contributed by atoms with Crippen LogP contribution in [0.1, 0.15) is 22.3 Å². The first kappa shape index (κ1) is 25.0. The van der Waals surface area contributed by atoms with E-state index in [0.29, 0.717) is 27.0 Å². The molecule has 3 aromatic rings. The molecule has 35 heavy (non-hydrogen) atoms. The number of hydrogen-bond acceptors (Lipinski definition) is 6. The lowest BCUT2D eigenvalue weighted by Crippen LogP contribution is -2.31. The quantitative estimate of drug-likeness (QED) is 0.317. The zero-order valence-corrected chi connectivity index (χ0v) is 22.1. The summed E-state index contributed by atoms with van der Waals surface area (Å²) in [4.78, 5) is 13.2. The van der Waals surface area contributed by atoms with E-state index in [2.05, 4.69) is 32.6 Å². The number of anilines is 1. The van der Waals surface area contributed by atoms with E-state index in [-0.39, 0.29) is 18.0 Å². The van der Waals surface area contributed by atoms with E-state index in [1.54, 1.807) is 31.4 Å². The summed E-state index contributed by atoms with van der Waals surface area (Å²) in [5, 5.41) is 16.2. The van der Waals surface area contributed by atoms with Crippen molar-refractivity contribution in [3.05, 3.63) is 91.3 Å². The predicted molar refractivity (Wildman–Crippen MR) is 143 cm³/mol. The highest BCUT2D eigenvalue weighted by atomic mass is 79.9. The van der Waals surface area contributed by atoms with Gasteiger partial charge in [-0.3, -0.25) is 4.79 Å². The van der Waals surface area contributed by atoms with Crippen LogP contribution in [0.2, 0.25) is 5.02 Å². The van der Waals surface area contributed by atoms with Gasteiger partial charge in [0.15, 0.2) is 17.0 Å². The summed E-state index contributed by atoms with van der Waals surface area (Å²) in [6.45, 7) is 2.20. The first-order valence-electron chi connectivity index (χ1n) is 10.6. The molecule has 4 rings (SSSR count). The summed E-state index contributed by atoms with van der Waals surface area (Å²) < 4.78 is 12.2. The number of methoxy groups -OCH3 is 1. The zero-order chi connectivity index (χ0) is 24.9. The number of nitrogens with zero attached hydrogens (tertiary/aromatic N) is 1. The minimum Gasteiger partial charge on any atom is -0.493 e. The molecule has 1 atom stereocenters. The summed E-state index contributed by atoms with van der Waals surface area (Å²) in [6.07, 6.45) is 1.80. The van der Waals surface area contributed by atoms with Gasteiger partial charge in [0.2, 0.25) is 0 Å². The molecule has 3 aromatic carbocycles. The van der Waals surface area contributed by atoms with Gasteiger partial charge < -0.3 is 20.1 Å². The molecule has 1 amide bonds. The van der Waals surface area contributed by atoms with Crippen molar-refractivity contribution in [2.75, 3.05) is 12.4 Å². The van der Waals surface area contributed by atoms with Gasteiger partial charge in [-0.25, -0.2) is 0 Å². The molecule has 0 radical (unpaired) electrons. The first-order chi connectivity index (χ1) is 16.9. The number of carbonyl (C=O) groups is 1. The number of benzene rings is 3. The molecule has 0 aromatic heterocycles. The average molecular weight is 571 g/mol. The number of hydrogen-bond donors (Lipinski definition) is 2. The average Bonchev–Trinajstić information content (AvgIpc) is 3.19. The van der Waals surface area contributed by atoms with Crippen molar-refractivity contribution in [3.8, 4) is 17.6 Å². The maximum Gasteiger partial charge on any atom is 0.260 e. The van der Waals surface area contributed by atoms with Gasteiger partial charge in [0.25, 0.3) is 5.91 Å². The highest BCUT2D eigenvalue weighted by Crippen LogP contribution is 2.38. The highest BCUT2D eigenvalue weighted by Gasteiger charge is 2.28. The number of carbonyl (C=O) groups excluding carboxylic acids is 1. The number of nitrogens with one attached hydrogen (secondary N) is 2. The third-order valence-electron chi connectivity index (χ3n) is 5.31. The number of halogens is 2. The van der Waals surface area contributed by atoms with Crippen LogP contribution in [0.25, 0.3) is 6.08 Å². The molecule has 1 fully saturated rings. The van der Waals surface area contributed by atoms with Crippen molar-refractivity contribution in [1.82, 2.24) is 5.32 Å². The van der Waals surface area contributed by atoms with Gasteiger partial charge in [0.05, 0.1) is 23.6 Å². The second-order valence-corrected chi connectivity index (χ2v) is 10.1. The van der Waals surface area contributed by atoms with Crippen LogP contribution in [-0.4, -0.2) is 18.5 Å². The van der Waals surface area contributed by atoms with Gasteiger partial charge in [-0.1, -0.05) is 63.6 Å². The molecule has 6 nitrogen and oxygen atoms in total. The summed E-state index contributed by atoms with van der Waals surface area (Å²) in [5.74, 6) is 0.863. The van der Waals surface area contributed by atoms with Gasteiger partial charge in [-0.2, -0.15) is 5.26 Å². The molecule has 0 saturated carbocycles. The number of thioether (sulfide) groups is 1. The smallest absolute Gasteiger partial charge is 0.260 e. The standard InChI is InChI=1S/C26H21BrClN3O3S/c1-15-7-8-19(28)11-21(15)30-26-31-25(32)24(35-26)10-18-9-22(33-2)23(12-20(18)27)34-14-17-6-4-3-5-16(17)13-29/h3-12,26,30H,14H2,1-2H3,(H,31,32)/b24-10-. The molecule has 2 N–H and O–H groups in total. The Kier molecular flexibility index (Phi) is 7.91. The van der Waals surface area contributed by atoms with E-state index in [0.717, 1.165) is 26.9 Å². The van der Waals surface area contributed by atoms with E-state index in [1.165, 1.54) is 11.8 Å². The van der Waals surface area contributed by atoms with Gasteiger partial charge in [-0.15, -0.1) is 0 Å². The molecule has 1 aliphatic heterocycles. The van der Waals surface area contributed by atoms with Crippen molar-refractivity contribution in [1.29, 1.82) is 5.26 Å². The molecule has 1 saturated heterocycles. The fourth-order valence-electron chi connectivity index (χ4n) is 3.44. The normalized spacial score (nSPS) is 16.0. The van der Waals surface area contributed by atoms with Crippen molar-refractivity contribution >= 4 is 57.0 Å². The molecule has 1 heterocycles. The van der Waals surface area contributed by atoms with Crippen LogP contribution in [0.5, 0.6) is 11.5 Å². The molecule has 1 aliphatic rings. The molecule has 178 valence electrons. The lowest BCUT2D eigenvalue weighted by atomic mass is 10.1. The molecular weight excluding hydrogens is 550 g/mol. The Morgan fingerprint density at radius 3 is 2.80 bits per heavy atom. The van der Waals surface area contributed by atoms with Crippen LogP contribution in [0.3, 0.4) is 0 Å². The SMILES string of the molecule is COc1cc(/C=C2\SC(Nc3cc(Cl)ccc3C)NC2=O)c(Br)cc1OCc1ccccc1C#N. The topological polar surface area (TPSA) is 83.4 Å². The lowest BCUT2D eigenvalue weighted by Gasteiger charge is -2.15. The third kappa shape index (κ3) is 5.93. The Morgan fingerprint density at radius 1 is 1.23 bits per heavy atom. The van der Waals surface area contributed by atoms with Crippen LogP contribution < -0.4 is 20.1 Å². The summed E-state index contributed by atoms with van der Waals surface area (Å²) in [7, 11) is 1.56. The molecule has 1 unspecified atom stereocenters. The van der Waals surface area contributed by atoms with E-state index in [4.69, 9.17) is 21.1 Å². The van der Waals surface area contributed by atoms with Gasteiger partial charge >= 0.3 is 0 Å². The number of rotatable bonds is 7. The highest BCUT2D eigenvalue weighted by molar-refractivity contribution is 9.10. The monoisotopic (exact) mass is 569 g/mol. The van der Waals surface area contributed by atoms with Crippen molar-refractivity contribution in [3.63, 3.8) is 0 Å². The van der Waals surface area contributed by atoms with Crippen LogP contribution in [-0.2, 0) is 11.4 Å². The van der Waals surface area contributed by atoms with Gasteiger partial charge in [-0.05, 0) is 54.5 Å². The Labute approximate surface area is 221 Å². The lowest BCUT2D eigenvalue weighted by molar-refractivity contribution is -0.116. The summed E-state index contributed by atoms with van der Waals surface area (Å²) in [5.41, 5.74) is 3.68. The van der Waals surface area contributed by atoms with Gasteiger partial charge in [0.1, 0.15) is 6.61 Å². The minimum atomic E-state index is -0.325. The van der Waals surface area contributed by atoms with E-state index in [9.17, 15) is 10.1 Å². The van der Waals surface area contributed by atoms with Crippen molar-refractivity contribution in [2.24, 2.45) is 0 Å². The fourth-order valence-corrected chi connectivity index (χ4v) is 5.02. The number of ether oxygens (including phenoxy) is 2.